The van der Waals surface area contributed by atoms with Crippen LogP contribution in [0.4, 0.5) is 8.78 Å². The molecule has 3 heterocycles. The Morgan fingerprint density at radius 3 is 2.71 bits per heavy atom. The Kier molecular flexibility index (Phi) is 9.01. The molecule has 9 heteroatoms. The molecule has 3 saturated heterocycles. The van der Waals surface area contributed by atoms with E-state index in [-0.39, 0.29) is 68.5 Å². The molecule has 2 N–H and O–H groups in total. The van der Waals surface area contributed by atoms with E-state index < -0.39 is 17.7 Å². The van der Waals surface area contributed by atoms with Crippen LogP contribution in [-0.4, -0.2) is 84.1 Å². The summed E-state index contributed by atoms with van der Waals surface area (Å²) in [5.74, 6) is -0.984. The zero-order chi connectivity index (χ0) is 26.5. The topological polar surface area (TPSA) is 74.3 Å². The van der Waals surface area contributed by atoms with Crippen LogP contribution < -0.4 is 5.32 Å². The molecule has 0 spiro atoms. The molecule has 0 unspecified atom stereocenters. The van der Waals surface area contributed by atoms with Crippen LogP contribution in [0, 0.1) is 11.6 Å². The lowest BCUT2D eigenvalue weighted by atomic mass is 9.94. The maximum Gasteiger partial charge on any atom is 0.222 e. The van der Waals surface area contributed by atoms with E-state index in [0.29, 0.717) is 12.8 Å². The number of carbonyl (C=O) groups is 1. The van der Waals surface area contributed by atoms with Gasteiger partial charge in [0.15, 0.2) is 0 Å². The number of aliphatic hydroxyl groups is 1. The fraction of sp³-hybridized carbons (Fsp3) is 0.552. The van der Waals surface area contributed by atoms with Crippen LogP contribution in [0.2, 0.25) is 0 Å². The van der Waals surface area contributed by atoms with E-state index in [9.17, 15) is 18.7 Å². The molecule has 3 aliphatic heterocycles. The van der Waals surface area contributed by atoms with Crippen molar-refractivity contribution in [2.24, 2.45) is 0 Å². The number of hydrogen-bond acceptors (Lipinski definition) is 6. The van der Waals surface area contributed by atoms with Crippen molar-refractivity contribution in [3.63, 3.8) is 0 Å². The number of aliphatic hydroxyl groups excluding tert-OH is 1. The van der Waals surface area contributed by atoms with Crippen LogP contribution in [-0.2, 0) is 27.4 Å². The number of benzene rings is 2. The second-order valence-corrected chi connectivity index (χ2v) is 10.8. The van der Waals surface area contributed by atoms with E-state index in [0.717, 1.165) is 38.2 Å². The summed E-state index contributed by atoms with van der Waals surface area (Å²) in [7, 11) is 0. The van der Waals surface area contributed by atoms with E-state index in [2.05, 4.69) is 22.3 Å². The minimum Gasteiger partial charge on any atom is -0.389 e. The number of rotatable bonds is 7. The van der Waals surface area contributed by atoms with Gasteiger partial charge in [0.25, 0.3) is 0 Å². The molecule has 7 nitrogen and oxygen atoms in total. The number of ether oxygens (including phenoxy) is 2. The van der Waals surface area contributed by atoms with Gasteiger partial charge in [0.05, 0.1) is 37.9 Å². The van der Waals surface area contributed by atoms with Crippen molar-refractivity contribution in [2.45, 2.75) is 69.2 Å². The number of carbonyl (C=O) groups excluding carboxylic acids is 1. The first-order valence-electron chi connectivity index (χ1n) is 13.6. The van der Waals surface area contributed by atoms with Gasteiger partial charge in [0.1, 0.15) is 11.6 Å². The molecule has 5 rings (SSSR count). The fourth-order valence-corrected chi connectivity index (χ4v) is 5.94. The van der Waals surface area contributed by atoms with E-state index in [1.54, 1.807) is 0 Å². The van der Waals surface area contributed by atoms with Gasteiger partial charge in [-0.25, -0.2) is 8.78 Å². The fourth-order valence-electron chi connectivity index (χ4n) is 5.94. The first-order valence-corrected chi connectivity index (χ1v) is 13.6. The molecule has 0 aliphatic carbocycles. The second-order valence-electron chi connectivity index (χ2n) is 10.8. The average Bonchev–Trinajstić information content (AvgIpc) is 3.32. The summed E-state index contributed by atoms with van der Waals surface area (Å²) in [6.45, 7) is 3.52. The lowest BCUT2D eigenvalue weighted by Gasteiger charge is -2.44. The zero-order valence-corrected chi connectivity index (χ0v) is 21.6. The Hall–Kier alpha value is -2.43. The predicted molar refractivity (Wildman–Crippen MR) is 138 cm³/mol. The highest BCUT2D eigenvalue weighted by atomic mass is 19.1. The summed E-state index contributed by atoms with van der Waals surface area (Å²) in [6, 6.07) is 13.8. The van der Waals surface area contributed by atoms with E-state index in [1.165, 1.54) is 11.6 Å². The molecule has 206 valence electrons. The third-order valence-electron chi connectivity index (χ3n) is 7.77. The maximum atomic E-state index is 14.4. The van der Waals surface area contributed by atoms with Crippen molar-refractivity contribution in [2.75, 3.05) is 32.8 Å². The molecule has 0 saturated carbocycles. The van der Waals surface area contributed by atoms with Crippen molar-refractivity contribution in [1.82, 2.24) is 15.1 Å². The average molecular weight is 530 g/mol. The highest BCUT2D eigenvalue weighted by Crippen LogP contribution is 2.29. The molecule has 38 heavy (non-hydrogen) atoms. The van der Waals surface area contributed by atoms with Crippen LogP contribution in [0.25, 0.3) is 0 Å². The van der Waals surface area contributed by atoms with Crippen molar-refractivity contribution in [3.8, 4) is 0 Å². The minimum absolute atomic E-state index is 0.0131. The van der Waals surface area contributed by atoms with Crippen molar-refractivity contribution in [1.29, 1.82) is 0 Å². The van der Waals surface area contributed by atoms with Crippen molar-refractivity contribution >= 4 is 5.91 Å². The molecule has 0 radical (unpaired) electrons. The Morgan fingerprint density at radius 1 is 1.03 bits per heavy atom. The molecular formula is C29H37F2N3O4. The number of hydrogen-bond donors (Lipinski definition) is 2. The number of β-amino-alcohol motifs (C(OH)–C–C–N with tert-alkyl or cyclic N) is 1. The van der Waals surface area contributed by atoms with Gasteiger partial charge in [-0.3, -0.25) is 14.6 Å². The molecule has 2 aromatic carbocycles. The quantitative estimate of drug-likeness (QED) is 0.575. The number of likely N-dealkylation sites (tertiary alicyclic amines) is 1. The summed E-state index contributed by atoms with van der Waals surface area (Å²) in [5.41, 5.74) is 1.52. The van der Waals surface area contributed by atoms with Gasteiger partial charge in [0, 0.05) is 50.4 Å². The van der Waals surface area contributed by atoms with Crippen LogP contribution >= 0.6 is 0 Å². The first kappa shape index (κ1) is 27.1. The van der Waals surface area contributed by atoms with E-state index >= 15 is 0 Å². The van der Waals surface area contributed by atoms with E-state index in [4.69, 9.17) is 9.47 Å². The summed E-state index contributed by atoms with van der Waals surface area (Å²) >= 11 is 0. The highest BCUT2D eigenvalue weighted by molar-refractivity contribution is 5.76. The normalized spacial score (nSPS) is 28.9. The van der Waals surface area contributed by atoms with Gasteiger partial charge < -0.3 is 19.9 Å². The standard InChI is InChI=1S/C29H37F2N3O4/c30-22-6-8-26(31)21(12-22)15-34-17-24(35)18-37-19-28-27(34)9-7-25(38-28)13-29(36)32-23-10-11-33(16-23)14-20-4-2-1-3-5-20/h1-6,8,12,23-25,27-28,35H,7,9-11,13-19H2,(H,32,36)/t23-,24-,25+,27-,28+/m0/s1. The Labute approximate surface area is 222 Å². The smallest absolute Gasteiger partial charge is 0.222 e. The molecule has 0 aromatic heterocycles. The predicted octanol–water partition coefficient (Wildman–Crippen LogP) is 2.85. The SMILES string of the molecule is O=C(C[C@H]1CC[C@H]2[C@@H](COC[C@@H](O)CN2Cc2cc(F)ccc2F)O1)N[C@H]1CCN(Cc2ccccc2)C1. The highest BCUT2D eigenvalue weighted by Gasteiger charge is 2.38. The maximum absolute atomic E-state index is 14.4. The van der Waals surface area contributed by atoms with Crippen LogP contribution in [0.1, 0.15) is 36.8 Å². The summed E-state index contributed by atoms with van der Waals surface area (Å²) in [6.07, 6.45) is 1.29. The number of amides is 1. The van der Waals surface area contributed by atoms with Crippen LogP contribution in [0.5, 0.6) is 0 Å². The zero-order valence-electron chi connectivity index (χ0n) is 21.6. The van der Waals surface area contributed by atoms with Gasteiger partial charge >= 0.3 is 0 Å². The van der Waals surface area contributed by atoms with Gasteiger partial charge in [-0.2, -0.15) is 0 Å². The number of nitrogens with zero attached hydrogens (tertiary/aromatic N) is 2. The van der Waals surface area contributed by atoms with Crippen molar-refractivity contribution in [3.05, 3.63) is 71.3 Å². The van der Waals surface area contributed by atoms with Gasteiger partial charge in [-0.05, 0) is 43.0 Å². The van der Waals surface area contributed by atoms with Crippen LogP contribution in [0.15, 0.2) is 48.5 Å². The van der Waals surface area contributed by atoms with Crippen molar-refractivity contribution < 1.29 is 28.2 Å². The summed E-state index contributed by atoms with van der Waals surface area (Å²) < 4.78 is 40.2. The molecule has 3 aliphatic rings. The summed E-state index contributed by atoms with van der Waals surface area (Å²) in [5, 5.41) is 13.5. The minimum atomic E-state index is -0.732. The van der Waals surface area contributed by atoms with Gasteiger partial charge in [-0.15, -0.1) is 0 Å². The van der Waals surface area contributed by atoms with Gasteiger partial charge in [-0.1, -0.05) is 30.3 Å². The Morgan fingerprint density at radius 2 is 1.87 bits per heavy atom. The largest absolute Gasteiger partial charge is 0.389 e. The third-order valence-corrected chi connectivity index (χ3v) is 7.77. The lowest BCUT2D eigenvalue weighted by molar-refractivity contribution is -0.158. The number of fused-ring (bicyclic) bond motifs is 1. The van der Waals surface area contributed by atoms with E-state index in [1.807, 2.05) is 23.1 Å². The molecule has 3 fully saturated rings. The number of nitrogens with one attached hydrogen (secondary N) is 1. The summed E-state index contributed by atoms with van der Waals surface area (Å²) in [4.78, 5) is 17.2. The van der Waals surface area contributed by atoms with Gasteiger partial charge in [0.2, 0.25) is 5.91 Å². The third kappa shape index (κ3) is 7.15. The molecular weight excluding hydrogens is 492 g/mol. The molecule has 0 bridgehead atoms. The second kappa shape index (κ2) is 12.6. The monoisotopic (exact) mass is 529 g/mol. The molecule has 2 aromatic rings. The van der Waals surface area contributed by atoms with Crippen LogP contribution in [0.3, 0.4) is 0 Å². The number of halogens is 2. The molecule has 5 atom stereocenters. The first-order chi connectivity index (χ1) is 18.4. The molecule has 1 amide bonds. The Balaban J connectivity index is 1.14. The Bertz CT molecular complexity index is 1080. The lowest BCUT2D eigenvalue weighted by Crippen LogP contribution is -2.55.